The van der Waals surface area contributed by atoms with Gasteiger partial charge in [0.15, 0.2) is 0 Å². The molecule has 146 valence electrons. The Morgan fingerprint density at radius 3 is 2.65 bits per heavy atom. The molecular weight excluding hydrogens is 373 g/mol. The first-order valence-corrected chi connectivity index (χ1v) is 9.30. The van der Waals surface area contributed by atoms with Gasteiger partial charge in [0.2, 0.25) is 5.91 Å². The number of halogens is 2. The molecule has 2 amide bonds. The molecule has 3 N–H and O–H groups in total. The third-order valence-electron chi connectivity index (χ3n) is 4.56. The average molecular weight is 402 g/mol. The van der Waals surface area contributed by atoms with Gasteiger partial charge in [0, 0.05) is 31.2 Å². The number of likely N-dealkylation sites (tertiary alicyclic amines) is 1. The van der Waals surface area contributed by atoms with Crippen LogP contribution in [0.4, 0.5) is 5.69 Å². The highest BCUT2D eigenvalue weighted by molar-refractivity contribution is 6.34. The highest BCUT2D eigenvalue weighted by atomic mass is 35.5. The summed E-state index contributed by atoms with van der Waals surface area (Å²) in [6, 6.07) is 5.11. The lowest BCUT2D eigenvalue weighted by molar-refractivity contribution is -0.116. The van der Waals surface area contributed by atoms with Crippen molar-refractivity contribution in [3.8, 4) is 0 Å². The predicted octanol–water partition coefficient (Wildman–Crippen LogP) is 3.95. The molecule has 1 saturated heterocycles. The van der Waals surface area contributed by atoms with Crippen molar-refractivity contribution in [2.24, 2.45) is 17.6 Å². The SMILES string of the molecule is CC(C)CC(=O)Nc1ccc(Cl)c(C(=O)N2CCCC(C(C)N)C2)c1.Cl. The van der Waals surface area contributed by atoms with E-state index in [9.17, 15) is 9.59 Å². The molecule has 1 aliphatic heterocycles. The molecule has 1 aromatic rings. The van der Waals surface area contributed by atoms with E-state index in [4.69, 9.17) is 17.3 Å². The molecule has 0 saturated carbocycles. The first-order chi connectivity index (χ1) is 11.8. The van der Waals surface area contributed by atoms with Gasteiger partial charge in [0.05, 0.1) is 10.6 Å². The largest absolute Gasteiger partial charge is 0.338 e. The quantitative estimate of drug-likeness (QED) is 0.783. The van der Waals surface area contributed by atoms with Crippen LogP contribution in [-0.2, 0) is 4.79 Å². The molecule has 7 heteroatoms. The van der Waals surface area contributed by atoms with Gasteiger partial charge < -0.3 is 16.0 Å². The lowest BCUT2D eigenvalue weighted by Crippen LogP contribution is -2.45. The molecule has 0 aliphatic carbocycles. The molecule has 2 unspecified atom stereocenters. The average Bonchev–Trinajstić information content (AvgIpc) is 2.55. The number of carbonyl (C=O) groups is 2. The van der Waals surface area contributed by atoms with Gasteiger partial charge in [-0.1, -0.05) is 25.4 Å². The van der Waals surface area contributed by atoms with Crippen LogP contribution in [0.2, 0.25) is 5.02 Å². The maximum atomic E-state index is 12.9. The summed E-state index contributed by atoms with van der Waals surface area (Å²) in [7, 11) is 0. The van der Waals surface area contributed by atoms with Gasteiger partial charge in [-0.3, -0.25) is 9.59 Å². The zero-order valence-corrected chi connectivity index (χ0v) is 17.2. The Labute approximate surface area is 167 Å². The van der Waals surface area contributed by atoms with Crippen LogP contribution in [0, 0.1) is 11.8 Å². The minimum atomic E-state index is -0.102. The number of nitrogens with one attached hydrogen (secondary N) is 1. The second-order valence-electron chi connectivity index (χ2n) is 7.35. The van der Waals surface area contributed by atoms with E-state index in [1.165, 1.54) is 0 Å². The molecule has 26 heavy (non-hydrogen) atoms. The minimum Gasteiger partial charge on any atom is -0.338 e. The Bertz CT molecular complexity index is 635. The minimum absolute atomic E-state index is 0. The third-order valence-corrected chi connectivity index (χ3v) is 4.89. The lowest BCUT2D eigenvalue weighted by Gasteiger charge is -2.34. The van der Waals surface area contributed by atoms with Crippen molar-refractivity contribution >= 4 is 41.5 Å². The molecule has 5 nitrogen and oxygen atoms in total. The van der Waals surface area contributed by atoms with Crippen molar-refractivity contribution in [3.05, 3.63) is 28.8 Å². The Morgan fingerprint density at radius 2 is 2.04 bits per heavy atom. The number of piperidine rings is 1. The first kappa shape index (κ1) is 22.7. The summed E-state index contributed by atoms with van der Waals surface area (Å²) in [5.41, 5.74) is 7.03. The molecule has 1 fully saturated rings. The normalized spacial score (nSPS) is 18.2. The third kappa shape index (κ3) is 6.15. The topological polar surface area (TPSA) is 75.4 Å². The molecule has 0 radical (unpaired) electrons. The summed E-state index contributed by atoms with van der Waals surface area (Å²) in [4.78, 5) is 26.7. The highest BCUT2D eigenvalue weighted by Crippen LogP contribution is 2.26. The monoisotopic (exact) mass is 401 g/mol. The molecule has 0 spiro atoms. The van der Waals surface area contributed by atoms with Crippen molar-refractivity contribution in [2.45, 2.75) is 46.1 Å². The van der Waals surface area contributed by atoms with E-state index in [-0.39, 0.29) is 36.2 Å². The van der Waals surface area contributed by atoms with Gasteiger partial charge >= 0.3 is 0 Å². The summed E-state index contributed by atoms with van der Waals surface area (Å²) in [6.45, 7) is 7.32. The highest BCUT2D eigenvalue weighted by Gasteiger charge is 2.27. The number of rotatable bonds is 5. The van der Waals surface area contributed by atoms with E-state index in [2.05, 4.69) is 5.32 Å². The number of anilines is 1. The molecule has 1 aromatic carbocycles. The van der Waals surface area contributed by atoms with Crippen LogP contribution in [0.3, 0.4) is 0 Å². The standard InChI is InChI=1S/C19H28ClN3O2.ClH/c1-12(2)9-18(24)22-15-6-7-17(20)16(10-15)19(25)23-8-4-5-14(11-23)13(3)21;/h6-7,10,12-14H,4-5,8-9,11,21H2,1-3H3,(H,22,24);1H. The van der Waals surface area contributed by atoms with Crippen LogP contribution < -0.4 is 11.1 Å². The van der Waals surface area contributed by atoms with Gasteiger partial charge in [-0.2, -0.15) is 0 Å². The van der Waals surface area contributed by atoms with Gasteiger partial charge in [0.25, 0.3) is 5.91 Å². The van der Waals surface area contributed by atoms with Gasteiger partial charge in [-0.15, -0.1) is 12.4 Å². The summed E-state index contributed by atoms with van der Waals surface area (Å²) < 4.78 is 0. The zero-order chi connectivity index (χ0) is 18.6. The van der Waals surface area contributed by atoms with Crippen LogP contribution in [0.5, 0.6) is 0 Å². The Kier molecular flexibility index (Phi) is 8.87. The van der Waals surface area contributed by atoms with E-state index in [0.29, 0.717) is 41.7 Å². The van der Waals surface area contributed by atoms with E-state index in [1.54, 1.807) is 18.2 Å². The van der Waals surface area contributed by atoms with Crippen molar-refractivity contribution in [1.82, 2.24) is 4.90 Å². The number of hydrogen-bond acceptors (Lipinski definition) is 3. The summed E-state index contributed by atoms with van der Waals surface area (Å²) in [5.74, 6) is 0.420. The van der Waals surface area contributed by atoms with E-state index < -0.39 is 0 Å². The van der Waals surface area contributed by atoms with Gasteiger partial charge in [0.1, 0.15) is 0 Å². The second-order valence-corrected chi connectivity index (χ2v) is 7.76. The van der Waals surface area contributed by atoms with Crippen LogP contribution in [0.1, 0.15) is 50.4 Å². The summed E-state index contributed by atoms with van der Waals surface area (Å²) in [6.07, 6.45) is 2.43. The lowest BCUT2D eigenvalue weighted by atomic mass is 9.92. The Morgan fingerprint density at radius 1 is 1.35 bits per heavy atom. The fraction of sp³-hybridized carbons (Fsp3) is 0.579. The molecule has 2 atom stereocenters. The van der Waals surface area contributed by atoms with Gasteiger partial charge in [-0.25, -0.2) is 0 Å². The fourth-order valence-corrected chi connectivity index (χ4v) is 3.34. The number of amides is 2. The van der Waals surface area contributed by atoms with Crippen LogP contribution in [0.25, 0.3) is 0 Å². The molecule has 2 rings (SSSR count). The number of hydrogen-bond donors (Lipinski definition) is 2. The predicted molar refractivity (Wildman–Crippen MR) is 109 cm³/mol. The molecule has 0 bridgehead atoms. The van der Waals surface area contributed by atoms with Crippen molar-refractivity contribution < 1.29 is 9.59 Å². The van der Waals surface area contributed by atoms with E-state index >= 15 is 0 Å². The van der Waals surface area contributed by atoms with Crippen molar-refractivity contribution in [3.63, 3.8) is 0 Å². The first-order valence-electron chi connectivity index (χ1n) is 8.92. The van der Waals surface area contributed by atoms with Gasteiger partial charge in [-0.05, 0) is 49.8 Å². The second kappa shape index (κ2) is 10.1. The number of nitrogens with zero attached hydrogens (tertiary/aromatic N) is 1. The van der Waals surface area contributed by atoms with E-state index in [1.807, 2.05) is 25.7 Å². The summed E-state index contributed by atoms with van der Waals surface area (Å²) >= 11 is 6.25. The van der Waals surface area contributed by atoms with E-state index in [0.717, 1.165) is 12.8 Å². The fourth-order valence-electron chi connectivity index (χ4n) is 3.14. The number of benzene rings is 1. The van der Waals surface area contributed by atoms with Crippen molar-refractivity contribution in [1.29, 1.82) is 0 Å². The smallest absolute Gasteiger partial charge is 0.255 e. The number of carbonyl (C=O) groups excluding carboxylic acids is 2. The molecule has 1 heterocycles. The molecule has 0 aromatic heterocycles. The summed E-state index contributed by atoms with van der Waals surface area (Å²) in [5, 5.41) is 3.24. The van der Waals surface area contributed by atoms with Crippen LogP contribution >= 0.6 is 24.0 Å². The zero-order valence-electron chi connectivity index (χ0n) is 15.6. The molecule has 1 aliphatic rings. The Hall–Kier alpha value is -1.30. The number of nitrogens with two attached hydrogens (primary N) is 1. The maximum Gasteiger partial charge on any atom is 0.255 e. The maximum absolute atomic E-state index is 12.9. The van der Waals surface area contributed by atoms with Crippen LogP contribution in [0.15, 0.2) is 18.2 Å². The van der Waals surface area contributed by atoms with Crippen LogP contribution in [-0.4, -0.2) is 35.8 Å². The van der Waals surface area contributed by atoms with Crippen molar-refractivity contribution in [2.75, 3.05) is 18.4 Å². The molecular formula is C19H29Cl2N3O2. The Balaban J connectivity index is 0.00000338.